The Labute approximate surface area is 112 Å². The Morgan fingerprint density at radius 2 is 2.11 bits per heavy atom. The molecule has 19 heavy (non-hydrogen) atoms. The number of nitrogens with zero attached hydrogens (tertiary/aromatic N) is 2. The number of hydrogen-bond acceptors (Lipinski definition) is 3. The number of carboxylic acid groups (broad SMARTS) is 1. The first kappa shape index (κ1) is 13.5. The number of halogens is 2. The Bertz CT molecular complexity index is 655. The normalized spacial score (nSPS) is 10.7. The molecule has 7 heteroatoms. The van der Waals surface area contributed by atoms with Gasteiger partial charge < -0.3 is 5.11 Å². The zero-order valence-electron chi connectivity index (χ0n) is 10.1. The fourth-order valence-corrected chi connectivity index (χ4v) is 2.29. The lowest BCUT2D eigenvalue weighted by Gasteiger charge is -2.07. The highest BCUT2D eigenvalue weighted by atomic mass is 32.2. The fourth-order valence-electron chi connectivity index (χ4n) is 1.74. The monoisotopic (exact) mass is 284 g/mol. The predicted molar refractivity (Wildman–Crippen MR) is 67.3 cm³/mol. The van der Waals surface area contributed by atoms with Gasteiger partial charge in [-0.1, -0.05) is 0 Å². The van der Waals surface area contributed by atoms with Crippen molar-refractivity contribution in [2.45, 2.75) is 4.90 Å². The largest absolute Gasteiger partial charge is 0.476 e. The topological polar surface area (TPSA) is 55.1 Å². The summed E-state index contributed by atoms with van der Waals surface area (Å²) in [5, 5.41) is 12.6. The molecule has 0 amide bonds. The smallest absolute Gasteiger partial charge is 0.356 e. The van der Waals surface area contributed by atoms with Crippen molar-refractivity contribution >= 4 is 17.7 Å². The van der Waals surface area contributed by atoms with Crippen LogP contribution in [0.3, 0.4) is 0 Å². The van der Waals surface area contributed by atoms with Gasteiger partial charge in [-0.3, -0.25) is 4.68 Å². The minimum absolute atomic E-state index is 0.101. The molecule has 1 aromatic heterocycles. The summed E-state index contributed by atoms with van der Waals surface area (Å²) < 4.78 is 28.8. The van der Waals surface area contributed by atoms with E-state index in [0.29, 0.717) is 0 Å². The van der Waals surface area contributed by atoms with Crippen molar-refractivity contribution in [1.29, 1.82) is 0 Å². The van der Waals surface area contributed by atoms with Gasteiger partial charge in [-0.25, -0.2) is 13.6 Å². The Kier molecular flexibility index (Phi) is 3.57. The van der Waals surface area contributed by atoms with Crippen LogP contribution < -0.4 is 0 Å². The predicted octanol–water partition coefficient (Wildman–Crippen LogP) is 2.79. The molecule has 0 radical (unpaired) electrons. The number of hydrogen-bond donors (Lipinski definition) is 1. The maximum Gasteiger partial charge on any atom is 0.356 e. The number of aromatic nitrogens is 2. The van der Waals surface area contributed by atoms with E-state index < -0.39 is 17.6 Å². The molecule has 0 saturated carbocycles. The Balaban J connectivity index is 2.62. The van der Waals surface area contributed by atoms with E-state index in [1.54, 1.807) is 6.26 Å². The van der Waals surface area contributed by atoms with Gasteiger partial charge in [-0.2, -0.15) is 5.10 Å². The molecule has 0 saturated heterocycles. The van der Waals surface area contributed by atoms with E-state index in [1.807, 2.05) is 0 Å². The van der Waals surface area contributed by atoms with Crippen LogP contribution in [-0.4, -0.2) is 27.1 Å². The molecule has 2 rings (SSSR count). The molecule has 100 valence electrons. The second-order valence-corrected chi connectivity index (χ2v) is 4.60. The van der Waals surface area contributed by atoms with Crippen LogP contribution >= 0.6 is 11.8 Å². The van der Waals surface area contributed by atoms with Crippen LogP contribution in [-0.2, 0) is 7.05 Å². The van der Waals surface area contributed by atoms with Crippen molar-refractivity contribution in [2.24, 2.45) is 7.05 Å². The van der Waals surface area contributed by atoms with Crippen LogP contribution in [0.25, 0.3) is 11.3 Å². The third-order valence-electron chi connectivity index (χ3n) is 2.63. The number of aryl methyl sites for hydroxylation is 1. The number of aromatic carboxylic acids is 1. The van der Waals surface area contributed by atoms with Crippen LogP contribution in [0.15, 0.2) is 23.1 Å². The second kappa shape index (κ2) is 5.00. The molecule has 0 spiro atoms. The molecule has 4 nitrogen and oxygen atoms in total. The van der Waals surface area contributed by atoms with Gasteiger partial charge >= 0.3 is 5.97 Å². The van der Waals surface area contributed by atoms with Crippen LogP contribution in [0.4, 0.5) is 8.78 Å². The minimum Gasteiger partial charge on any atom is -0.476 e. The van der Waals surface area contributed by atoms with Crippen LogP contribution in [0.5, 0.6) is 0 Å². The lowest BCUT2D eigenvalue weighted by Crippen LogP contribution is -2.00. The molecule has 2 aromatic rings. The molecule has 1 N–H and O–H groups in total. The molecule has 0 aliphatic carbocycles. The molecule has 0 aliphatic rings. The number of carboxylic acids is 1. The van der Waals surface area contributed by atoms with E-state index in [9.17, 15) is 13.6 Å². The third-order valence-corrected chi connectivity index (χ3v) is 3.41. The SMILES string of the molecule is CSc1c(F)ccc(-c2cc(C(=O)O)nn2C)c1F. The van der Waals surface area contributed by atoms with Gasteiger partial charge in [0.2, 0.25) is 0 Å². The Hall–Kier alpha value is -1.89. The van der Waals surface area contributed by atoms with Gasteiger partial charge in [0.15, 0.2) is 5.69 Å². The van der Waals surface area contributed by atoms with Crippen molar-refractivity contribution in [3.8, 4) is 11.3 Å². The first-order valence-electron chi connectivity index (χ1n) is 5.25. The summed E-state index contributed by atoms with van der Waals surface area (Å²) in [7, 11) is 1.50. The van der Waals surface area contributed by atoms with Crippen LogP contribution in [0.2, 0.25) is 0 Å². The Morgan fingerprint density at radius 3 is 2.63 bits per heavy atom. The average molecular weight is 284 g/mol. The molecule has 0 fully saturated rings. The number of rotatable bonds is 3. The molecule has 0 aliphatic heterocycles. The van der Waals surface area contributed by atoms with Gasteiger partial charge in [0.25, 0.3) is 0 Å². The van der Waals surface area contributed by atoms with Gasteiger partial charge in [-0.15, -0.1) is 11.8 Å². The number of carbonyl (C=O) groups is 1. The van der Waals surface area contributed by atoms with E-state index in [0.717, 1.165) is 17.8 Å². The summed E-state index contributed by atoms with van der Waals surface area (Å²) in [6, 6.07) is 3.67. The van der Waals surface area contributed by atoms with E-state index in [-0.39, 0.29) is 21.8 Å². The quantitative estimate of drug-likeness (QED) is 0.881. The standard InChI is InChI=1S/C12H10F2N2O2S/c1-16-9(5-8(15-16)12(17)18)6-3-4-7(13)11(19-2)10(6)14/h3-5H,1-2H3,(H,17,18). The highest BCUT2D eigenvalue weighted by molar-refractivity contribution is 7.98. The summed E-state index contributed by atoms with van der Waals surface area (Å²) in [6.45, 7) is 0. The van der Waals surface area contributed by atoms with Crippen molar-refractivity contribution < 1.29 is 18.7 Å². The zero-order chi connectivity index (χ0) is 14.2. The van der Waals surface area contributed by atoms with E-state index in [1.165, 1.54) is 23.9 Å². The van der Waals surface area contributed by atoms with Gasteiger partial charge in [0.05, 0.1) is 10.6 Å². The van der Waals surface area contributed by atoms with Gasteiger partial charge in [0, 0.05) is 12.6 Å². The zero-order valence-corrected chi connectivity index (χ0v) is 11.0. The van der Waals surface area contributed by atoms with Crippen LogP contribution in [0, 0.1) is 11.6 Å². The van der Waals surface area contributed by atoms with Crippen molar-refractivity contribution in [1.82, 2.24) is 9.78 Å². The van der Waals surface area contributed by atoms with E-state index in [4.69, 9.17) is 5.11 Å². The Morgan fingerprint density at radius 1 is 1.42 bits per heavy atom. The highest BCUT2D eigenvalue weighted by Crippen LogP contribution is 2.31. The fraction of sp³-hybridized carbons (Fsp3) is 0.167. The van der Waals surface area contributed by atoms with Crippen molar-refractivity contribution in [3.05, 3.63) is 35.5 Å². The van der Waals surface area contributed by atoms with Gasteiger partial charge in [-0.05, 0) is 24.5 Å². The molecule has 1 heterocycles. The van der Waals surface area contributed by atoms with Crippen molar-refractivity contribution in [2.75, 3.05) is 6.26 Å². The van der Waals surface area contributed by atoms with Gasteiger partial charge in [0.1, 0.15) is 11.6 Å². The van der Waals surface area contributed by atoms with Crippen molar-refractivity contribution in [3.63, 3.8) is 0 Å². The molecule has 0 bridgehead atoms. The number of benzene rings is 1. The minimum atomic E-state index is -1.20. The lowest BCUT2D eigenvalue weighted by atomic mass is 10.1. The average Bonchev–Trinajstić information content (AvgIpc) is 2.72. The van der Waals surface area contributed by atoms with Crippen LogP contribution in [0.1, 0.15) is 10.5 Å². The van der Waals surface area contributed by atoms with E-state index in [2.05, 4.69) is 5.10 Å². The third kappa shape index (κ3) is 2.33. The lowest BCUT2D eigenvalue weighted by molar-refractivity contribution is 0.0689. The molecular weight excluding hydrogens is 274 g/mol. The summed E-state index contributed by atoms with van der Waals surface area (Å²) in [5.74, 6) is -2.56. The summed E-state index contributed by atoms with van der Waals surface area (Å²) in [6.07, 6.45) is 1.57. The maximum absolute atomic E-state index is 14.2. The maximum atomic E-state index is 14.2. The molecular formula is C12H10F2N2O2S. The van der Waals surface area contributed by atoms with E-state index >= 15 is 0 Å². The first-order valence-corrected chi connectivity index (χ1v) is 6.48. The molecule has 1 aromatic carbocycles. The first-order chi connectivity index (χ1) is 8.95. The summed E-state index contributed by atoms with van der Waals surface area (Å²) in [4.78, 5) is 10.7. The number of thioether (sulfide) groups is 1. The molecule has 0 unspecified atom stereocenters. The summed E-state index contributed by atoms with van der Waals surface area (Å²) >= 11 is 0.954. The highest BCUT2D eigenvalue weighted by Gasteiger charge is 2.19. The molecule has 0 atom stereocenters. The summed E-state index contributed by atoms with van der Waals surface area (Å²) in [5.41, 5.74) is 0.213. The second-order valence-electron chi connectivity index (χ2n) is 3.79.